The number of rotatable bonds is 58. The molecule has 0 radical (unpaired) electrons. The topological polar surface area (TPSA) is 111 Å². The van der Waals surface area contributed by atoms with Gasteiger partial charge in [0.25, 0.3) is 7.82 Å². The van der Waals surface area contributed by atoms with E-state index in [1.807, 2.05) is 21.1 Å². The lowest BCUT2D eigenvalue weighted by molar-refractivity contribution is -0.870. The first-order valence-electron chi connectivity index (χ1n) is 33.4. The number of phosphoric acid groups is 1. The van der Waals surface area contributed by atoms with Gasteiger partial charge in [0.15, 0.2) is 6.10 Å². The van der Waals surface area contributed by atoms with Gasteiger partial charge in [0.1, 0.15) is 19.8 Å². The van der Waals surface area contributed by atoms with Crippen LogP contribution >= 0.6 is 7.82 Å². The highest BCUT2D eigenvalue weighted by molar-refractivity contribution is 7.45. The molecule has 2 unspecified atom stereocenters. The smallest absolute Gasteiger partial charge is 0.306 e. The molecule has 9 nitrogen and oxygen atoms in total. The van der Waals surface area contributed by atoms with Crippen LogP contribution in [0.2, 0.25) is 0 Å². The van der Waals surface area contributed by atoms with E-state index in [4.69, 9.17) is 18.5 Å². The fourth-order valence-corrected chi connectivity index (χ4v) is 8.66. The first-order valence-corrected chi connectivity index (χ1v) is 34.9. The number of nitrogens with zero attached hydrogens (tertiary/aromatic N) is 1. The molecule has 10 heteroatoms. The minimum absolute atomic E-state index is 0.0548. The van der Waals surface area contributed by atoms with Crippen molar-refractivity contribution in [1.29, 1.82) is 0 Å². The van der Waals surface area contributed by atoms with Crippen molar-refractivity contribution in [3.8, 4) is 0 Å². The number of ether oxygens (including phenoxy) is 2. The standard InChI is InChI=1S/C78H120NO8P/c1-6-8-10-12-14-16-18-20-22-24-26-28-30-32-34-35-36-37-38-39-40-41-42-43-45-47-49-51-53-55-57-59-61-63-65-67-69-71-78(81)87-76(75-86-88(82,83)85-73-72-79(3,4)5)74-84-77(80)70-68-66-64-62-60-58-56-54-52-50-48-46-44-33-31-29-27-25-23-21-19-17-15-13-11-9-7-2/h8-11,14-17,20-23,26-29,32-34,36-37,39-40,42-44,47-50,53-56,59,61,76H,6-7,12-13,18-19,24-25,30-31,35,38,41,45-46,51-52,57-58,60,62-75H2,1-5H3/b10-8-,11-9-,16-14-,17-15-,22-20-,23-21-,28-26-,29-27-,34-32-,37-36-,40-39-,43-42-,44-33-,49-47-,50-48-,55-53-,56-54-,61-59-. The summed E-state index contributed by atoms with van der Waals surface area (Å²) < 4.78 is 34.2. The molecule has 0 aliphatic carbocycles. The summed E-state index contributed by atoms with van der Waals surface area (Å²) in [6, 6.07) is 0. The second-order valence-corrected chi connectivity index (χ2v) is 23.8. The van der Waals surface area contributed by atoms with E-state index in [1.54, 1.807) is 0 Å². The monoisotopic (exact) mass is 1230 g/mol. The Morgan fingerprint density at radius 3 is 0.920 bits per heavy atom. The van der Waals surface area contributed by atoms with Gasteiger partial charge in [-0.1, -0.05) is 258 Å². The molecule has 0 aromatic rings. The minimum Gasteiger partial charge on any atom is -0.756 e. The van der Waals surface area contributed by atoms with Crippen molar-refractivity contribution in [3.05, 3.63) is 219 Å². The zero-order chi connectivity index (χ0) is 64.1. The Morgan fingerprint density at radius 2 is 0.614 bits per heavy atom. The number of likely N-dealkylation sites (N-methyl/N-ethyl adjacent to an activating group) is 1. The molecule has 0 spiro atoms. The van der Waals surface area contributed by atoms with Crippen LogP contribution in [0.1, 0.15) is 206 Å². The summed E-state index contributed by atoms with van der Waals surface area (Å²) in [5.74, 6) is -0.915. The van der Waals surface area contributed by atoms with Crippen LogP contribution in [0.4, 0.5) is 0 Å². The molecule has 0 N–H and O–H groups in total. The average molecular weight is 1230 g/mol. The Hall–Kier alpha value is -5.67. The number of carbonyl (C=O) groups is 2. The molecule has 2 atom stereocenters. The van der Waals surface area contributed by atoms with Crippen LogP contribution in [0.3, 0.4) is 0 Å². The fourth-order valence-electron chi connectivity index (χ4n) is 7.93. The molecular formula is C78H120NO8P. The first kappa shape index (κ1) is 82.3. The summed E-state index contributed by atoms with van der Waals surface area (Å²) >= 11 is 0. The van der Waals surface area contributed by atoms with Crippen LogP contribution in [0.25, 0.3) is 0 Å². The van der Waals surface area contributed by atoms with Crippen molar-refractivity contribution >= 4 is 19.8 Å². The molecule has 490 valence electrons. The quantitative estimate of drug-likeness (QED) is 0.0195. The molecular weight excluding hydrogens is 1110 g/mol. The van der Waals surface area contributed by atoms with E-state index < -0.39 is 32.5 Å². The lowest BCUT2D eigenvalue weighted by atomic mass is 10.1. The van der Waals surface area contributed by atoms with Crippen molar-refractivity contribution in [3.63, 3.8) is 0 Å². The highest BCUT2D eigenvalue weighted by Gasteiger charge is 2.22. The number of carbonyl (C=O) groups excluding carboxylic acids is 2. The van der Waals surface area contributed by atoms with Gasteiger partial charge in [0.2, 0.25) is 0 Å². The van der Waals surface area contributed by atoms with Crippen LogP contribution < -0.4 is 4.89 Å². The third-order valence-corrected chi connectivity index (χ3v) is 14.0. The van der Waals surface area contributed by atoms with E-state index in [2.05, 4.69) is 233 Å². The number of phosphoric ester groups is 1. The van der Waals surface area contributed by atoms with Crippen LogP contribution in [0.5, 0.6) is 0 Å². The Balaban J connectivity index is 4.30. The molecule has 0 bridgehead atoms. The Bertz CT molecular complexity index is 2280. The SMILES string of the molecule is CC/C=C\C/C=C\C/C=C\C/C=C\C/C=C\C/C=C\C/C=C\C/C=C\C/C=C\C/C=C\C/C=C\CCCCCC(=O)OC(COC(=O)CCCCCCC/C=C\C/C=C\C/C=C\C/C=C\C/C=C\C/C=C\C/C=C\CC)COP(=O)([O-])OCC[N+](C)(C)C. The van der Waals surface area contributed by atoms with E-state index >= 15 is 0 Å². The Labute approximate surface area is 538 Å². The summed E-state index contributed by atoms with van der Waals surface area (Å²) in [5.41, 5.74) is 0. The lowest BCUT2D eigenvalue weighted by Crippen LogP contribution is -2.37. The van der Waals surface area contributed by atoms with Crippen molar-refractivity contribution in [1.82, 2.24) is 0 Å². The average Bonchev–Trinajstić information content (AvgIpc) is 3.68. The normalized spacial score (nSPS) is 14.6. The molecule has 0 aromatic carbocycles. The molecule has 0 amide bonds. The summed E-state index contributed by atoms with van der Waals surface area (Å²) in [7, 11) is 1.09. The number of allylic oxidation sites excluding steroid dienone is 36. The second kappa shape index (κ2) is 65.8. The van der Waals surface area contributed by atoms with Crippen molar-refractivity contribution < 1.29 is 42.1 Å². The number of quaternary nitrogens is 1. The minimum atomic E-state index is -4.67. The molecule has 0 aromatic heterocycles. The van der Waals surface area contributed by atoms with Crippen LogP contribution in [0.15, 0.2) is 219 Å². The zero-order valence-corrected chi connectivity index (χ0v) is 56.5. The Morgan fingerprint density at radius 1 is 0.352 bits per heavy atom. The summed E-state index contributed by atoms with van der Waals surface area (Å²) in [5, 5.41) is 0. The molecule has 0 fully saturated rings. The van der Waals surface area contributed by atoms with Crippen molar-refractivity contribution in [2.45, 2.75) is 213 Å². The molecule has 0 heterocycles. The van der Waals surface area contributed by atoms with E-state index in [0.717, 1.165) is 167 Å². The lowest BCUT2D eigenvalue weighted by Gasteiger charge is -2.28. The maximum atomic E-state index is 12.8. The number of unbranched alkanes of at least 4 members (excludes halogenated alkanes) is 8. The highest BCUT2D eigenvalue weighted by Crippen LogP contribution is 2.38. The third-order valence-electron chi connectivity index (χ3n) is 13.0. The van der Waals surface area contributed by atoms with Crippen LogP contribution in [-0.4, -0.2) is 70.0 Å². The number of esters is 2. The van der Waals surface area contributed by atoms with Gasteiger partial charge >= 0.3 is 11.9 Å². The van der Waals surface area contributed by atoms with E-state index in [0.29, 0.717) is 23.9 Å². The van der Waals surface area contributed by atoms with Crippen molar-refractivity contribution in [2.75, 3.05) is 47.5 Å². The summed E-state index contributed by atoms with van der Waals surface area (Å²) in [6.07, 6.45) is 106. The van der Waals surface area contributed by atoms with Gasteiger partial charge in [0.05, 0.1) is 27.7 Å². The predicted octanol–water partition coefficient (Wildman–Crippen LogP) is 21.4. The van der Waals surface area contributed by atoms with E-state index in [9.17, 15) is 19.0 Å². The molecule has 0 aliphatic rings. The van der Waals surface area contributed by atoms with E-state index in [1.165, 1.54) is 0 Å². The highest BCUT2D eigenvalue weighted by atomic mass is 31.2. The summed E-state index contributed by atoms with van der Waals surface area (Å²) in [6.45, 7) is 3.91. The van der Waals surface area contributed by atoms with Gasteiger partial charge in [-0.3, -0.25) is 14.2 Å². The van der Waals surface area contributed by atoms with Crippen LogP contribution in [0, 0.1) is 0 Å². The molecule has 0 saturated heterocycles. The fraction of sp³-hybridized carbons (Fsp3) is 0.513. The van der Waals surface area contributed by atoms with Gasteiger partial charge in [-0.25, -0.2) is 0 Å². The van der Waals surface area contributed by atoms with Crippen LogP contribution in [-0.2, 0) is 32.7 Å². The first-order chi connectivity index (χ1) is 43.0. The van der Waals surface area contributed by atoms with E-state index in [-0.39, 0.29) is 26.1 Å². The second-order valence-electron chi connectivity index (χ2n) is 22.4. The maximum absolute atomic E-state index is 12.8. The van der Waals surface area contributed by atoms with Gasteiger partial charge < -0.3 is 27.9 Å². The van der Waals surface area contributed by atoms with Crippen molar-refractivity contribution in [2.24, 2.45) is 0 Å². The predicted molar refractivity (Wildman–Crippen MR) is 378 cm³/mol. The molecule has 0 saturated carbocycles. The van der Waals surface area contributed by atoms with Gasteiger partial charge in [-0.2, -0.15) is 0 Å². The van der Waals surface area contributed by atoms with Gasteiger partial charge in [-0.15, -0.1) is 0 Å². The van der Waals surface area contributed by atoms with Gasteiger partial charge in [-0.05, 0) is 154 Å². The van der Waals surface area contributed by atoms with Gasteiger partial charge in [0, 0.05) is 12.8 Å². The molecule has 88 heavy (non-hydrogen) atoms. The molecule has 0 rings (SSSR count). The summed E-state index contributed by atoms with van der Waals surface area (Å²) in [4.78, 5) is 38.0. The maximum Gasteiger partial charge on any atom is 0.306 e. The Kier molecular flexibility index (Phi) is 61.5. The third kappa shape index (κ3) is 69.4. The number of hydrogen-bond acceptors (Lipinski definition) is 8. The zero-order valence-electron chi connectivity index (χ0n) is 55.6. The number of hydrogen-bond donors (Lipinski definition) is 0. The molecule has 0 aliphatic heterocycles. The largest absolute Gasteiger partial charge is 0.756 e.